The van der Waals surface area contributed by atoms with Crippen molar-refractivity contribution in [3.63, 3.8) is 0 Å². The Bertz CT molecular complexity index is 298. The lowest BCUT2D eigenvalue weighted by atomic mass is 10.2. The first-order chi connectivity index (χ1) is 6.27. The van der Waals surface area contributed by atoms with Crippen molar-refractivity contribution in [2.45, 2.75) is 13.3 Å². The van der Waals surface area contributed by atoms with Gasteiger partial charge in [-0.05, 0) is 24.5 Å². The maximum Gasteiger partial charge on any atom is 0.146 e. The molecule has 1 atom stereocenters. The third-order valence-corrected chi connectivity index (χ3v) is 2.62. The normalized spacial score (nSPS) is 22.3. The number of anilines is 1. The number of rotatable bonds is 1. The third-order valence-electron chi connectivity index (χ3n) is 2.62. The SMILES string of the molecule is CC1CCN(c2ccccc2F)C1. The standard InChI is InChI=1S/C11H14FN/c1-9-6-7-13(8-9)11-5-3-2-4-10(11)12/h2-5,9H,6-8H2,1H3. The molecule has 1 saturated heterocycles. The van der Waals surface area contributed by atoms with E-state index in [-0.39, 0.29) is 5.82 Å². The highest BCUT2D eigenvalue weighted by Gasteiger charge is 2.20. The molecule has 1 fully saturated rings. The molecule has 1 heterocycles. The summed E-state index contributed by atoms with van der Waals surface area (Å²) in [6, 6.07) is 7.01. The van der Waals surface area contributed by atoms with Crippen molar-refractivity contribution in [1.29, 1.82) is 0 Å². The molecule has 70 valence electrons. The molecule has 2 heteroatoms. The topological polar surface area (TPSA) is 3.24 Å². The van der Waals surface area contributed by atoms with E-state index in [2.05, 4.69) is 11.8 Å². The molecule has 13 heavy (non-hydrogen) atoms. The highest BCUT2D eigenvalue weighted by molar-refractivity contribution is 5.48. The Hall–Kier alpha value is -1.05. The molecule has 1 unspecified atom stereocenters. The smallest absolute Gasteiger partial charge is 0.146 e. The van der Waals surface area contributed by atoms with Gasteiger partial charge in [0.15, 0.2) is 0 Å². The predicted molar refractivity (Wildman–Crippen MR) is 52.4 cm³/mol. The number of halogens is 1. The maximum atomic E-state index is 13.3. The molecule has 0 radical (unpaired) electrons. The molecule has 1 aromatic carbocycles. The van der Waals surface area contributed by atoms with Crippen LogP contribution in [0.25, 0.3) is 0 Å². The third kappa shape index (κ3) is 1.67. The second kappa shape index (κ2) is 3.36. The zero-order valence-corrected chi connectivity index (χ0v) is 7.83. The van der Waals surface area contributed by atoms with E-state index in [9.17, 15) is 4.39 Å². The van der Waals surface area contributed by atoms with Gasteiger partial charge in [0.1, 0.15) is 5.82 Å². The van der Waals surface area contributed by atoms with Gasteiger partial charge in [-0.25, -0.2) is 4.39 Å². The molecule has 1 nitrogen and oxygen atoms in total. The first-order valence-corrected chi connectivity index (χ1v) is 4.77. The minimum Gasteiger partial charge on any atom is -0.369 e. The molecule has 0 aromatic heterocycles. The summed E-state index contributed by atoms with van der Waals surface area (Å²) in [6.45, 7) is 4.18. The molecule has 0 aliphatic carbocycles. The monoisotopic (exact) mass is 179 g/mol. The first kappa shape index (κ1) is 8.54. The summed E-state index contributed by atoms with van der Waals surface area (Å²) in [6.07, 6.45) is 1.17. The van der Waals surface area contributed by atoms with Crippen molar-refractivity contribution in [2.24, 2.45) is 5.92 Å². The predicted octanol–water partition coefficient (Wildman–Crippen LogP) is 2.67. The van der Waals surface area contributed by atoms with Crippen LogP contribution >= 0.6 is 0 Å². The maximum absolute atomic E-state index is 13.3. The van der Waals surface area contributed by atoms with Crippen LogP contribution in [-0.4, -0.2) is 13.1 Å². The van der Waals surface area contributed by atoms with E-state index in [4.69, 9.17) is 0 Å². The fraction of sp³-hybridized carbons (Fsp3) is 0.455. The van der Waals surface area contributed by atoms with Crippen LogP contribution in [0.4, 0.5) is 10.1 Å². The Kier molecular flexibility index (Phi) is 2.21. The largest absolute Gasteiger partial charge is 0.369 e. The van der Waals surface area contributed by atoms with E-state index in [0.29, 0.717) is 5.92 Å². The van der Waals surface area contributed by atoms with Crippen LogP contribution < -0.4 is 4.90 Å². The van der Waals surface area contributed by atoms with Crippen LogP contribution in [0.2, 0.25) is 0 Å². The van der Waals surface area contributed by atoms with Gasteiger partial charge < -0.3 is 4.90 Å². The number of benzene rings is 1. The van der Waals surface area contributed by atoms with Crippen molar-refractivity contribution in [1.82, 2.24) is 0 Å². The molecule has 0 spiro atoms. The van der Waals surface area contributed by atoms with E-state index < -0.39 is 0 Å². The first-order valence-electron chi connectivity index (χ1n) is 4.77. The Balaban J connectivity index is 2.21. The Labute approximate surface area is 78.2 Å². The quantitative estimate of drug-likeness (QED) is 0.640. The molecule has 1 aliphatic rings. The minimum atomic E-state index is -0.100. The number of para-hydroxylation sites is 1. The lowest BCUT2D eigenvalue weighted by Gasteiger charge is -2.18. The molecule has 1 aromatic rings. The fourth-order valence-electron chi connectivity index (χ4n) is 1.86. The second-order valence-electron chi connectivity index (χ2n) is 3.79. The molecular formula is C11H14FN. The van der Waals surface area contributed by atoms with Crippen LogP contribution in [0.15, 0.2) is 24.3 Å². The Morgan fingerprint density at radius 2 is 2.15 bits per heavy atom. The molecule has 0 amide bonds. The highest BCUT2D eigenvalue weighted by Crippen LogP contribution is 2.25. The minimum absolute atomic E-state index is 0.100. The van der Waals surface area contributed by atoms with Crippen molar-refractivity contribution in [2.75, 3.05) is 18.0 Å². The van der Waals surface area contributed by atoms with E-state index in [0.717, 1.165) is 18.8 Å². The summed E-state index contributed by atoms with van der Waals surface area (Å²) < 4.78 is 13.3. The van der Waals surface area contributed by atoms with E-state index in [1.807, 2.05) is 12.1 Å². The van der Waals surface area contributed by atoms with Crippen molar-refractivity contribution >= 4 is 5.69 Å². The lowest BCUT2D eigenvalue weighted by molar-refractivity contribution is 0.619. The molecule has 0 saturated carbocycles. The van der Waals surface area contributed by atoms with Gasteiger partial charge in [0.25, 0.3) is 0 Å². The van der Waals surface area contributed by atoms with Gasteiger partial charge in [0, 0.05) is 13.1 Å². The van der Waals surface area contributed by atoms with E-state index >= 15 is 0 Å². The highest BCUT2D eigenvalue weighted by atomic mass is 19.1. The van der Waals surface area contributed by atoms with Gasteiger partial charge in [-0.3, -0.25) is 0 Å². The lowest BCUT2D eigenvalue weighted by Crippen LogP contribution is -2.20. The zero-order chi connectivity index (χ0) is 9.26. The average molecular weight is 179 g/mol. The molecule has 0 bridgehead atoms. The summed E-state index contributed by atoms with van der Waals surface area (Å²) in [7, 11) is 0. The average Bonchev–Trinajstić information content (AvgIpc) is 2.53. The van der Waals surface area contributed by atoms with E-state index in [1.165, 1.54) is 12.5 Å². The van der Waals surface area contributed by atoms with Crippen LogP contribution in [0.3, 0.4) is 0 Å². The van der Waals surface area contributed by atoms with Crippen LogP contribution in [0, 0.1) is 11.7 Å². The van der Waals surface area contributed by atoms with Crippen LogP contribution in [0.1, 0.15) is 13.3 Å². The molecule has 2 rings (SSSR count). The van der Waals surface area contributed by atoms with Gasteiger partial charge in [0.2, 0.25) is 0 Å². The van der Waals surface area contributed by atoms with Gasteiger partial charge in [-0.15, -0.1) is 0 Å². The second-order valence-corrected chi connectivity index (χ2v) is 3.79. The van der Waals surface area contributed by atoms with E-state index in [1.54, 1.807) is 6.07 Å². The zero-order valence-electron chi connectivity index (χ0n) is 7.83. The summed E-state index contributed by atoms with van der Waals surface area (Å²) in [5.41, 5.74) is 0.756. The van der Waals surface area contributed by atoms with Crippen molar-refractivity contribution in [3.8, 4) is 0 Å². The summed E-state index contributed by atoms with van der Waals surface area (Å²) in [4.78, 5) is 2.12. The van der Waals surface area contributed by atoms with Crippen LogP contribution in [0.5, 0.6) is 0 Å². The van der Waals surface area contributed by atoms with Crippen molar-refractivity contribution < 1.29 is 4.39 Å². The number of hydrogen-bond acceptors (Lipinski definition) is 1. The molecule has 1 aliphatic heterocycles. The van der Waals surface area contributed by atoms with Gasteiger partial charge in [-0.1, -0.05) is 19.1 Å². The number of hydrogen-bond donors (Lipinski definition) is 0. The fourth-order valence-corrected chi connectivity index (χ4v) is 1.86. The molecule has 0 N–H and O–H groups in total. The molecular weight excluding hydrogens is 165 g/mol. The van der Waals surface area contributed by atoms with Gasteiger partial charge in [-0.2, -0.15) is 0 Å². The summed E-state index contributed by atoms with van der Waals surface area (Å²) in [5.74, 6) is 0.594. The number of nitrogens with zero attached hydrogens (tertiary/aromatic N) is 1. The van der Waals surface area contributed by atoms with Crippen molar-refractivity contribution in [3.05, 3.63) is 30.1 Å². The summed E-state index contributed by atoms with van der Waals surface area (Å²) >= 11 is 0. The Morgan fingerprint density at radius 1 is 1.38 bits per heavy atom. The van der Waals surface area contributed by atoms with Gasteiger partial charge >= 0.3 is 0 Å². The van der Waals surface area contributed by atoms with Gasteiger partial charge in [0.05, 0.1) is 5.69 Å². The Morgan fingerprint density at radius 3 is 2.77 bits per heavy atom. The van der Waals surface area contributed by atoms with Crippen LogP contribution in [-0.2, 0) is 0 Å². The summed E-state index contributed by atoms with van der Waals surface area (Å²) in [5, 5.41) is 0.